The second-order valence-electron chi connectivity index (χ2n) is 6.47. The molecule has 2 heterocycles. The van der Waals surface area contributed by atoms with E-state index >= 15 is 0 Å². The molecule has 1 aliphatic rings. The Balaban J connectivity index is 1.44. The zero-order valence-corrected chi connectivity index (χ0v) is 15.5. The normalized spacial score (nSPS) is 13.1. The molecule has 1 amide bonds. The lowest BCUT2D eigenvalue weighted by atomic mass is 10.0. The monoisotopic (exact) mass is 378 g/mol. The van der Waals surface area contributed by atoms with Crippen LogP contribution >= 0.6 is 11.6 Å². The molecule has 136 valence electrons. The van der Waals surface area contributed by atoms with Gasteiger partial charge in [0.2, 0.25) is 0 Å². The van der Waals surface area contributed by atoms with Crippen molar-refractivity contribution in [3.63, 3.8) is 0 Å². The third-order valence-electron chi connectivity index (χ3n) is 4.64. The van der Waals surface area contributed by atoms with E-state index in [1.807, 2.05) is 24.3 Å². The van der Waals surface area contributed by atoms with Crippen LogP contribution in [0.1, 0.15) is 28.0 Å². The number of para-hydroxylation sites is 1. The van der Waals surface area contributed by atoms with Crippen molar-refractivity contribution < 1.29 is 4.79 Å². The highest BCUT2D eigenvalue weighted by Crippen LogP contribution is 2.31. The summed E-state index contributed by atoms with van der Waals surface area (Å²) < 4.78 is 0. The maximum atomic E-state index is 12.3. The average Bonchev–Trinajstić information content (AvgIpc) is 2.73. The van der Waals surface area contributed by atoms with Gasteiger partial charge < -0.3 is 10.2 Å². The number of rotatable bonds is 4. The van der Waals surface area contributed by atoms with Crippen LogP contribution in [-0.4, -0.2) is 22.6 Å². The van der Waals surface area contributed by atoms with E-state index in [0.717, 1.165) is 36.5 Å². The lowest BCUT2D eigenvalue weighted by molar-refractivity contribution is 0.0945. The number of nitrogens with one attached hydrogen (secondary N) is 1. The highest BCUT2D eigenvalue weighted by Gasteiger charge is 2.19. The Morgan fingerprint density at radius 3 is 2.63 bits per heavy atom. The largest absolute Gasteiger partial charge is 0.347 e. The van der Waals surface area contributed by atoms with Crippen LogP contribution in [0, 0.1) is 0 Å². The standard InChI is InChI=1S/C21H19ClN4O/c22-17-9-7-15(8-10-17)14-23-21(27)18-11-12-20(25-24-18)26-13-3-5-16-4-1-2-6-19(16)26/h1-2,4,6-12H,3,5,13-14H2,(H,23,27). The number of carbonyl (C=O) groups is 1. The van der Waals surface area contributed by atoms with Crippen LogP contribution in [0.25, 0.3) is 0 Å². The van der Waals surface area contributed by atoms with Crippen LogP contribution in [0.15, 0.2) is 60.7 Å². The highest BCUT2D eigenvalue weighted by molar-refractivity contribution is 6.30. The zero-order valence-electron chi connectivity index (χ0n) is 14.7. The van der Waals surface area contributed by atoms with Crippen LogP contribution < -0.4 is 10.2 Å². The zero-order chi connectivity index (χ0) is 18.6. The van der Waals surface area contributed by atoms with E-state index in [1.165, 1.54) is 5.56 Å². The van der Waals surface area contributed by atoms with Crippen LogP contribution in [0.2, 0.25) is 5.02 Å². The fraction of sp³-hybridized carbons (Fsp3) is 0.190. The second-order valence-corrected chi connectivity index (χ2v) is 6.91. The summed E-state index contributed by atoms with van der Waals surface area (Å²) in [4.78, 5) is 14.5. The van der Waals surface area contributed by atoms with Crippen molar-refractivity contribution in [1.82, 2.24) is 15.5 Å². The van der Waals surface area contributed by atoms with E-state index in [1.54, 1.807) is 18.2 Å². The summed E-state index contributed by atoms with van der Waals surface area (Å²) in [6.45, 7) is 1.31. The molecule has 1 aliphatic heterocycles. The molecule has 0 radical (unpaired) electrons. The number of nitrogens with zero attached hydrogens (tertiary/aromatic N) is 3. The molecule has 1 N–H and O–H groups in total. The number of hydrogen-bond acceptors (Lipinski definition) is 4. The van der Waals surface area contributed by atoms with Gasteiger partial charge in [-0.1, -0.05) is 41.9 Å². The number of aryl methyl sites for hydroxylation is 1. The quantitative estimate of drug-likeness (QED) is 0.741. The molecular formula is C21H19ClN4O. The van der Waals surface area contributed by atoms with Crippen molar-refractivity contribution in [3.05, 3.63) is 82.5 Å². The lowest BCUT2D eigenvalue weighted by Gasteiger charge is -2.29. The van der Waals surface area contributed by atoms with E-state index in [-0.39, 0.29) is 5.91 Å². The number of hydrogen-bond donors (Lipinski definition) is 1. The maximum Gasteiger partial charge on any atom is 0.272 e. The van der Waals surface area contributed by atoms with Crippen LogP contribution in [0.3, 0.4) is 0 Å². The van der Waals surface area contributed by atoms with Crippen molar-refractivity contribution in [2.75, 3.05) is 11.4 Å². The first-order chi connectivity index (χ1) is 13.2. The minimum Gasteiger partial charge on any atom is -0.347 e. The predicted molar refractivity (Wildman–Crippen MR) is 106 cm³/mol. The molecular weight excluding hydrogens is 360 g/mol. The van der Waals surface area contributed by atoms with Gasteiger partial charge in [-0.2, -0.15) is 0 Å². The van der Waals surface area contributed by atoms with Gasteiger partial charge in [-0.15, -0.1) is 10.2 Å². The smallest absolute Gasteiger partial charge is 0.272 e. The Labute approximate surface area is 163 Å². The number of aromatic nitrogens is 2. The maximum absolute atomic E-state index is 12.3. The van der Waals surface area contributed by atoms with Crippen molar-refractivity contribution in [2.24, 2.45) is 0 Å². The van der Waals surface area contributed by atoms with Crippen molar-refractivity contribution >= 4 is 29.0 Å². The van der Waals surface area contributed by atoms with Gasteiger partial charge in [0.15, 0.2) is 11.5 Å². The molecule has 4 rings (SSSR count). The lowest BCUT2D eigenvalue weighted by Crippen LogP contribution is -2.27. The molecule has 0 saturated heterocycles. The molecule has 0 atom stereocenters. The molecule has 27 heavy (non-hydrogen) atoms. The van der Waals surface area contributed by atoms with Crippen molar-refractivity contribution in [3.8, 4) is 0 Å². The number of fused-ring (bicyclic) bond motifs is 1. The molecule has 0 aliphatic carbocycles. The second kappa shape index (κ2) is 7.76. The summed E-state index contributed by atoms with van der Waals surface area (Å²) in [6, 6.07) is 19.3. The summed E-state index contributed by atoms with van der Waals surface area (Å²) in [7, 11) is 0. The number of halogens is 1. The molecule has 2 aromatic carbocycles. The predicted octanol–water partition coefficient (Wildman–Crippen LogP) is 4.14. The molecule has 0 bridgehead atoms. The molecule has 5 nitrogen and oxygen atoms in total. The van der Waals surface area contributed by atoms with Crippen LogP contribution in [-0.2, 0) is 13.0 Å². The first-order valence-electron chi connectivity index (χ1n) is 8.92. The highest BCUT2D eigenvalue weighted by atomic mass is 35.5. The molecule has 6 heteroatoms. The number of anilines is 2. The number of amides is 1. The Hall–Kier alpha value is -2.92. The average molecular weight is 379 g/mol. The Bertz CT molecular complexity index is 941. The first kappa shape index (κ1) is 17.5. The van der Waals surface area contributed by atoms with E-state index in [0.29, 0.717) is 17.3 Å². The van der Waals surface area contributed by atoms with Gasteiger partial charge in [-0.05, 0) is 54.3 Å². The van der Waals surface area contributed by atoms with Gasteiger partial charge in [0, 0.05) is 23.8 Å². The SMILES string of the molecule is O=C(NCc1ccc(Cl)cc1)c1ccc(N2CCCc3ccccc32)nn1. The van der Waals surface area contributed by atoms with Crippen LogP contribution in [0.4, 0.5) is 11.5 Å². The van der Waals surface area contributed by atoms with Crippen molar-refractivity contribution in [2.45, 2.75) is 19.4 Å². The van der Waals surface area contributed by atoms with E-state index in [9.17, 15) is 4.79 Å². The van der Waals surface area contributed by atoms with E-state index in [4.69, 9.17) is 11.6 Å². The van der Waals surface area contributed by atoms with E-state index in [2.05, 4.69) is 38.6 Å². The van der Waals surface area contributed by atoms with Gasteiger partial charge in [0.05, 0.1) is 0 Å². The molecule has 0 fully saturated rings. The minimum absolute atomic E-state index is 0.247. The molecule has 0 spiro atoms. The number of carbonyl (C=O) groups excluding carboxylic acids is 1. The fourth-order valence-corrected chi connectivity index (χ4v) is 3.36. The van der Waals surface area contributed by atoms with E-state index < -0.39 is 0 Å². The third kappa shape index (κ3) is 3.93. The summed E-state index contributed by atoms with van der Waals surface area (Å²) in [5, 5.41) is 11.9. The summed E-state index contributed by atoms with van der Waals surface area (Å²) in [5.41, 5.74) is 3.76. The minimum atomic E-state index is -0.247. The molecule has 1 aromatic heterocycles. The molecule has 0 saturated carbocycles. The van der Waals surface area contributed by atoms with Gasteiger partial charge in [-0.3, -0.25) is 4.79 Å². The summed E-state index contributed by atoms with van der Waals surface area (Å²) >= 11 is 5.87. The van der Waals surface area contributed by atoms with Crippen LogP contribution in [0.5, 0.6) is 0 Å². The summed E-state index contributed by atoms with van der Waals surface area (Å²) in [6.07, 6.45) is 2.15. The van der Waals surface area contributed by atoms with Gasteiger partial charge >= 0.3 is 0 Å². The molecule has 0 unspecified atom stereocenters. The Morgan fingerprint density at radius 2 is 1.85 bits per heavy atom. The Morgan fingerprint density at radius 1 is 1.04 bits per heavy atom. The van der Waals surface area contributed by atoms with Gasteiger partial charge in [0.1, 0.15) is 0 Å². The summed E-state index contributed by atoms with van der Waals surface area (Å²) in [5.74, 6) is 0.513. The third-order valence-corrected chi connectivity index (χ3v) is 4.89. The van der Waals surface area contributed by atoms with Crippen molar-refractivity contribution in [1.29, 1.82) is 0 Å². The van der Waals surface area contributed by atoms with Gasteiger partial charge in [-0.25, -0.2) is 0 Å². The fourth-order valence-electron chi connectivity index (χ4n) is 3.24. The van der Waals surface area contributed by atoms with Gasteiger partial charge in [0.25, 0.3) is 5.91 Å². The molecule has 3 aromatic rings. The number of benzene rings is 2. The first-order valence-corrected chi connectivity index (χ1v) is 9.30. The Kier molecular flexibility index (Phi) is 5.03. The topological polar surface area (TPSA) is 58.1 Å².